The summed E-state index contributed by atoms with van der Waals surface area (Å²) in [6, 6.07) is 10.5. The van der Waals surface area contributed by atoms with Gasteiger partial charge in [-0.05, 0) is 48.4 Å². The maximum atomic E-state index is 13.0. The van der Waals surface area contributed by atoms with Gasteiger partial charge in [-0.2, -0.15) is 8.42 Å². The van der Waals surface area contributed by atoms with Gasteiger partial charge in [-0.25, -0.2) is 4.39 Å². The Labute approximate surface area is 149 Å². The van der Waals surface area contributed by atoms with Gasteiger partial charge in [0.25, 0.3) is 10.0 Å². The highest BCUT2D eigenvalue weighted by Gasteiger charge is 2.15. The molecule has 0 radical (unpaired) electrons. The Morgan fingerprint density at radius 3 is 2.60 bits per heavy atom. The van der Waals surface area contributed by atoms with E-state index in [9.17, 15) is 12.8 Å². The number of nitrogens with zero attached hydrogens (tertiary/aromatic N) is 2. The minimum absolute atomic E-state index is 0.0622. The van der Waals surface area contributed by atoms with E-state index >= 15 is 0 Å². The summed E-state index contributed by atoms with van der Waals surface area (Å²) < 4.78 is 44.6. The minimum Gasteiger partial charge on any atom is -0.304 e. The van der Waals surface area contributed by atoms with E-state index in [1.165, 1.54) is 23.5 Å². The fourth-order valence-corrected chi connectivity index (χ4v) is 4.71. The average Bonchev–Trinajstić information content (AvgIpc) is 2.91. The lowest BCUT2D eigenvalue weighted by Crippen LogP contribution is -2.16. The van der Waals surface area contributed by atoms with E-state index in [1.807, 2.05) is 18.2 Å². The standard InChI is InChI=1S/C18H15FN2O2S2/c1-3-11-21-16-10-5-13(4-2)12-17(16)24-18(21)20-25(22,23)15-8-6-14(19)7-9-15/h1,5-10,12H,4,11H2,2H3. The number of halogens is 1. The summed E-state index contributed by atoms with van der Waals surface area (Å²) in [5.41, 5.74) is 1.99. The van der Waals surface area contributed by atoms with Crippen LogP contribution in [0.3, 0.4) is 0 Å². The Kier molecular flexibility index (Phi) is 4.75. The molecular formula is C18H15FN2O2S2. The van der Waals surface area contributed by atoms with Crippen molar-refractivity contribution in [2.24, 2.45) is 4.40 Å². The predicted octanol–water partition coefficient (Wildman–Crippen LogP) is 3.33. The van der Waals surface area contributed by atoms with Gasteiger partial charge in [0.05, 0.1) is 21.7 Å². The highest BCUT2D eigenvalue weighted by molar-refractivity contribution is 7.90. The number of aryl methyl sites for hydroxylation is 1. The molecule has 0 aliphatic rings. The van der Waals surface area contributed by atoms with Crippen molar-refractivity contribution in [1.82, 2.24) is 4.57 Å². The summed E-state index contributed by atoms with van der Waals surface area (Å²) in [5.74, 6) is 2.03. The molecule has 1 heterocycles. The smallest absolute Gasteiger partial charge is 0.285 e. The number of hydrogen-bond donors (Lipinski definition) is 0. The van der Waals surface area contributed by atoms with Crippen molar-refractivity contribution in [3.05, 3.63) is 58.6 Å². The minimum atomic E-state index is -3.95. The molecule has 0 unspecified atom stereocenters. The Balaban J connectivity index is 2.22. The van der Waals surface area contributed by atoms with Gasteiger partial charge in [0.1, 0.15) is 5.82 Å². The van der Waals surface area contributed by atoms with Crippen LogP contribution in [0.5, 0.6) is 0 Å². The zero-order valence-electron chi connectivity index (χ0n) is 13.4. The Bertz CT molecular complexity index is 1130. The van der Waals surface area contributed by atoms with Gasteiger partial charge in [0, 0.05) is 0 Å². The fraction of sp³-hybridized carbons (Fsp3) is 0.167. The summed E-state index contributed by atoms with van der Waals surface area (Å²) >= 11 is 1.27. The molecule has 0 aliphatic carbocycles. The second-order valence-electron chi connectivity index (χ2n) is 5.35. The number of rotatable bonds is 4. The van der Waals surface area contributed by atoms with Crippen molar-refractivity contribution in [2.45, 2.75) is 24.8 Å². The molecule has 1 aromatic heterocycles. The van der Waals surface area contributed by atoms with Crippen LogP contribution >= 0.6 is 11.3 Å². The highest BCUT2D eigenvalue weighted by atomic mass is 32.2. The van der Waals surface area contributed by atoms with Crippen LogP contribution in [0.25, 0.3) is 10.2 Å². The molecule has 4 nitrogen and oxygen atoms in total. The summed E-state index contributed by atoms with van der Waals surface area (Å²) in [6.45, 7) is 2.26. The zero-order chi connectivity index (χ0) is 18.0. The molecule has 0 fully saturated rings. The Hall–Kier alpha value is -2.43. The van der Waals surface area contributed by atoms with E-state index in [1.54, 1.807) is 4.57 Å². The SMILES string of the molecule is C#CCn1c(=NS(=O)(=O)c2ccc(F)cc2)sc2cc(CC)ccc21. The first-order valence-corrected chi connectivity index (χ1v) is 9.82. The third-order valence-electron chi connectivity index (χ3n) is 3.71. The molecule has 0 atom stereocenters. The van der Waals surface area contributed by atoms with Crippen LogP contribution in [0.4, 0.5) is 4.39 Å². The highest BCUT2D eigenvalue weighted by Crippen LogP contribution is 2.20. The van der Waals surface area contributed by atoms with Crippen molar-refractivity contribution in [2.75, 3.05) is 0 Å². The molecule has 3 aromatic rings. The maximum Gasteiger partial charge on any atom is 0.285 e. The normalized spacial score (nSPS) is 12.4. The van der Waals surface area contributed by atoms with E-state index < -0.39 is 15.8 Å². The predicted molar refractivity (Wildman–Crippen MR) is 97.2 cm³/mol. The monoisotopic (exact) mass is 374 g/mol. The first-order valence-electron chi connectivity index (χ1n) is 7.57. The first kappa shape index (κ1) is 17.4. The number of terminal acetylenes is 1. The molecule has 0 amide bonds. The third kappa shape index (κ3) is 3.50. The molecule has 0 saturated carbocycles. The number of aromatic nitrogens is 1. The Morgan fingerprint density at radius 2 is 1.96 bits per heavy atom. The van der Waals surface area contributed by atoms with Gasteiger partial charge < -0.3 is 4.57 Å². The average molecular weight is 374 g/mol. The number of benzene rings is 2. The second-order valence-corrected chi connectivity index (χ2v) is 7.96. The van der Waals surface area contributed by atoms with Crippen LogP contribution in [0.1, 0.15) is 12.5 Å². The summed E-state index contributed by atoms with van der Waals surface area (Å²) in [6.07, 6.45) is 6.31. The summed E-state index contributed by atoms with van der Waals surface area (Å²) in [5, 5.41) is 0. The van der Waals surface area contributed by atoms with E-state index in [2.05, 4.69) is 17.2 Å². The van der Waals surface area contributed by atoms with Gasteiger partial charge in [0.15, 0.2) is 0 Å². The van der Waals surface area contributed by atoms with Gasteiger partial charge in [-0.3, -0.25) is 0 Å². The molecule has 7 heteroatoms. The zero-order valence-corrected chi connectivity index (χ0v) is 15.1. The van der Waals surface area contributed by atoms with Gasteiger partial charge in [-0.15, -0.1) is 10.8 Å². The molecule has 0 aliphatic heterocycles. The Morgan fingerprint density at radius 1 is 1.24 bits per heavy atom. The molecule has 128 valence electrons. The molecule has 0 saturated heterocycles. The van der Waals surface area contributed by atoms with E-state index in [4.69, 9.17) is 6.42 Å². The summed E-state index contributed by atoms with van der Waals surface area (Å²) in [4.78, 5) is 0.235. The fourth-order valence-electron chi connectivity index (χ4n) is 2.41. The molecule has 3 rings (SSSR count). The number of fused-ring (bicyclic) bond motifs is 1. The van der Waals surface area contributed by atoms with Crippen LogP contribution < -0.4 is 4.80 Å². The lowest BCUT2D eigenvalue weighted by molar-refractivity contribution is 0.594. The number of thiazole rings is 1. The molecule has 0 spiro atoms. The third-order valence-corrected chi connectivity index (χ3v) is 6.15. The number of hydrogen-bond acceptors (Lipinski definition) is 3. The first-order chi connectivity index (χ1) is 11.9. The van der Waals surface area contributed by atoms with E-state index in [-0.39, 0.29) is 11.4 Å². The van der Waals surface area contributed by atoms with E-state index in [0.717, 1.165) is 34.3 Å². The number of sulfonamides is 1. The van der Waals surface area contributed by atoms with Crippen LogP contribution in [-0.2, 0) is 23.0 Å². The van der Waals surface area contributed by atoms with Crippen molar-refractivity contribution in [1.29, 1.82) is 0 Å². The quantitative estimate of drug-likeness (QED) is 0.658. The summed E-state index contributed by atoms with van der Waals surface area (Å²) in [7, 11) is -3.95. The van der Waals surface area contributed by atoms with Crippen molar-refractivity contribution >= 4 is 31.6 Å². The van der Waals surface area contributed by atoms with Crippen molar-refractivity contribution in [3.8, 4) is 12.3 Å². The largest absolute Gasteiger partial charge is 0.304 e. The molecular weight excluding hydrogens is 359 g/mol. The van der Waals surface area contributed by atoms with Crippen LogP contribution in [0, 0.1) is 18.2 Å². The van der Waals surface area contributed by atoms with Crippen LogP contribution in [0.15, 0.2) is 51.8 Å². The van der Waals surface area contributed by atoms with Gasteiger partial charge in [0.2, 0.25) is 4.80 Å². The molecule has 0 bridgehead atoms. The topological polar surface area (TPSA) is 51.4 Å². The van der Waals surface area contributed by atoms with Gasteiger partial charge in [-0.1, -0.05) is 30.2 Å². The van der Waals surface area contributed by atoms with Crippen LogP contribution in [0.2, 0.25) is 0 Å². The lowest BCUT2D eigenvalue weighted by atomic mass is 10.2. The van der Waals surface area contributed by atoms with Gasteiger partial charge >= 0.3 is 0 Å². The molecule has 2 aromatic carbocycles. The second kappa shape index (κ2) is 6.82. The maximum absolute atomic E-state index is 13.0. The molecule has 0 N–H and O–H groups in total. The van der Waals surface area contributed by atoms with Crippen LogP contribution in [-0.4, -0.2) is 13.0 Å². The van der Waals surface area contributed by atoms with Crippen molar-refractivity contribution < 1.29 is 12.8 Å². The molecule has 25 heavy (non-hydrogen) atoms. The van der Waals surface area contributed by atoms with E-state index in [0.29, 0.717) is 4.80 Å². The van der Waals surface area contributed by atoms with Crippen molar-refractivity contribution in [3.63, 3.8) is 0 Å². The lowest BCUT2D eigenvalue weighted by Gasteiger charge is -2.01.